The Bertz CT molecular complexity index is 516. The highest BCUT2D eigenvalue weighted by molar-refractivity contribution is 5.83. The van der Waals surface area contributed by atoms with Crippen LogP contribution < -0.4 is 5.32 Å². The molecular weight excluding hydrogens is 272 g/mol. The number of rotatable bonds is 3. The molecule has 0 aromatic heterocycles. The van der Waals surface area contributed by atoms with E-state index in [1.54, 1.807) is 35.2 Å². The summed E-state index contributed by atoms with van der Waals surface area (Å²) in [4.78, 5) is 25.2. The minimum atomic E-state index is -1.08. The minimum absolute atomic E-state index is 0.386. The molecule has 1 atom stereocenters. The maximum atomic E-state index is 12.3. The maximum absolute atomic E-state index is 12.3. The van der Waals surface area contributed by atoms with E-state index in [9.17, 15) is 14.7 Å². The number of ether oxygens (including phenoxy) is 1. The molecule has 0 bridgehead atoms. The zero-order valence-corrected chi connectivity index (χ0v) is 12.2. The van der Waals surface area contributed by atoms with Crippen molar-refractivity contribution in [2.24, 2.45) is 0 Å². The first-order valence-electron chi connectivity index (χ1n) is 6.86. The average molecular weight is 292 g/mol. The molecule has 1 aliphatic heterocycles. The van der Waals surface area contributed by atoms with Crippen molar-refractivity contribution >= 4 is 12.0 Å². The van der Waals surface area contributed by atoms with Gasteiger partial charge in [-0.1, -0.05) is 30.3 Å². The van der Waals surface area contributed by atoms with Crippen molar-refractivity contribution in [2.45, 2.75) is 25.5 Å². The Labute approximate surface area is 123 Å². The Morgan fingerprint density at radius 3 is 2.57 bits per heavy atom. The van der Waals surface area contributed by atoms with Crippen molar-refractivity contribution in [1.29, 1.82) is 0 Å². The smallest absolute Gasteiger partial charge is 0.330 e. The van der Waals surface area contributed by atoms with Crippen LogP contribution in [0.15, 0.2) is 30.3 Å². The Morgan fingerprint density at radius 2 is 2.00 bits per heavy atom. The Hall–Kier alpha value is -2.08. The second-order valence-corrected chi connectivity index (χ2v) is 5.66. The molecule has 2 N–H and O–H groups in total. The molecule has 114 valence electrons. The number of aliphatic carboxylic acids is 1. The van der Waals surface area contributed by atoms with E-state index < -0.39 is 17.6 Å². The normalized spacial score (nSPS) is 18.9. The van der Waals surface area contributed by atoms with E-state index in [0.717, 1.165) is 0 Å². The highest BCUT2D eigenvalue weighted by atomic mass is 16.5. The molecule has 0 spiro atoms. The summed E-state index contributed by atoms with van der Waals surface area (Å²) < 4.78 is 5.54. The summed E-state index contributed by atoms with van der Waals surface area (Å²) in [6, 6.07) is 7.22. The fraction of sp³-hybridized carbons (Fsp3) is 0.467. The minimum Gasteiger partial charge on any atom is -0.479 e. The van der Waals surface area contributed by atoms with Gasteiger partial charge in [-0.3, -0.25) is 0 Å². The van der Waals surface area contributed by atoms with Crippen molar-refractivity contribution in [2.75, 3.05) is 19.7 Å². The number of carbonyl (C=O) groups excluding carboxylic acids is 1. The number of hydrogen-bond donors (Lipinski definition) is 2. The van der Waals surface area contributed by atoms with Crippen molar-refractivity contribution in [3.8, 4) is 0 Å². The molecule has 1 saturated heterocycles. The van der Waals surface area contributed by atoms with Crippen LogP contribution in [0.3, 0.4) is 0 Å². The number of carboxylic acids is 1. The average Bonchev–Trinajstić information content (AvgIpc) is 2.44. The van der Waals surface area contributed by atoms with Gasteiger partial charge in [0.15, 0.2) is 6.04 Å². The van der Waals surface area contributed by atoms with Gasteiger partial charge in [-0.2, -0.15) is 0 Å². The van der Waals surface area contributed by atoms with Gasteiger partial charge in [0.25, 0.3) is 0 Å². The number of morpholine rings is 1. The fourth-order valence-electron chi connectivity index (χ4n) is 2.34. The molecule has 1 aromatic carbocycles. The molecule has 0 saturated carbocycles. The van der Waals surface area contributed by atoms with Crippen LogP contribution in [0.1, 0.15) is 25.5 Å². The first kappa shape index (κ1) is 15.3. The molecule has 21 heavy (non-hydrogen) atoms. The number of amides is 2. The van der Waals surface area contributed by atoms with E-state index in [2.05, 4.69) is 5.32 Å². The lowest BCUT2D eigenvalue weighted by Gasteiger charge is -2.38. The van der Waals surface area contributed by atoms with Gasteiger partial charge in [0, 0.05) is 6.54 Å². The van der Waals surface area contributed by atoms with Crippen LogP contribution in [-0.4, -0.2) is 47.3 Å². The second-order valence-electron chi connectivity index (χ2n) is 5.66. The predicted molar refractivity (Wildman–Crippen MR) is 77.0 cm³/mol. The molecule has 1 aliphatic rings. The van der Waals surface area contributed by atoms with Gasteiger partial charge >= 0.3 is 12.0 Å². The molecule has 6 heteroatoms. The zero-order chi connectivity index (χ0) is 15.5. The quantitative estimate of drug-likeness (QED) is 0.887. The summed E-state index contributed by atoms with van der Waals surface area (Å²) in [6.07, 6.45) is 0. The summed E-state index contributed by atoms with van der Waals surface area (Å²) in [7, 11) is 0. The molecule has 0 unspecified atom stereocenters. The number of nitrogens with zero attached hydrogens (tertiary/aromatic N) is 1. The van der Waals surface area contributed by atoms with Crippen molar-refractivity contribution < 1.29 is 19.4 Å². The number of benzene rings is 1. The lowest BCUT2D eigenvalue weighted by Crippen LogP contribution is -2.54. The first-order valence-corrected chi connectivity index (χ1v) is 6.86. The number of nitrogens with one attached hydrogen (secondary N) is 1. The monoisotopic (exact) mass is 292 g/mol. The summed E-state index contributed by atoms with van der Waals surface area (Å²) in [5.74, 6) is -1.08. The van der Waals surface area contributed by atoms with Crippen LogP contribution in [-0.2, 0) is 9.53 Å². The summed E-state index contributed by atoms with van der Waals surface area (Å²) in [6.45, 7) is 5.14. The molecule has 0 radical (unpaired) electrons. The number of carboxylic acid groups (broad SMARTS) is 1. The van der Waals surface area contributed by atoms with Crippen molar-refractivity contribution in [3.05, 3.63) is 35.9 Å². The van der Waals surface area contributed by atoms with Gasteiger partial charge in [-0.15, -0.1) is 0 Å². The predicted octanol–water partition coefficient (Wildman–Crippen LogP) is 1.63. The van der Waals surface area contributed by atoms with Crippen LogP contribution in [0.4, 0.5) is 4.79 Å². The number of hydrogen-bond acceptors (Lipinski definition) is 3. The fourth-order valence-corrected chi connectivity index (χ4v) is 2.34. The van der Waals surface area contributed by atoms with Gasteiger partial charge in [0.2, 0.25) is 0 Å². The zero-order valence-electron chi connectivity index (χ0n) is 12.2. The Kier molecular flexibility index (Phi) is 4.47. The molecule has 0 aliphatic carbocycles. The third-order valence-electron chi connectivity index (χ3n) is 3.36. The van der Waals surface area contributed by atoms with Gasteiger partial charge in [-0.25, -0.2) is 9.59 Å². The SMILES string of the molecule is CC1(C)CN(C(=O)N[C@@H](C(=O)O)c2ccccc2)CCO1. The van der Waals surface area contributed by atoms with Gasteiger partial charge < -0.3 is 20.1 Å². The lowest BCUT2D eigenvalue weighted by atomic mass is 10.1. The standard InChI is InChI=1S/C15H20N2O4/c1-15(2)10-17(8-9-21-15)14(20)16-12(13(18)19)11-6-4-3-5-7-11/h3-7,12H,8-10H2,1-2H3,(H,16,20)(H,18,19)/t12-/m1/s1. The van der Waals surface area contributed by atoms with Crippen LogP contribution in [0.2, 0.25) is 0 Å². The number of urea groups is 1. The third-order valence-corrected chi connectivity index (χ3v) is 3.36. The van der Waals surface area contributed by atoms with E-state index in [4.69, 9.17) is 4.74 Å². The van der Waals surface area contributed by atoms with E-state index in [1.807, 2.05) is 13.8 Å². The summed E-state index contributed by atoms with van der Waals surface area (Å²) >= 11 is 0. The van der Waals surface area contributed by atoms with Crippen molar-refractivity contribution in [3.63, 3.8) is 0 Å². The Balaban J connectivity index is 2.07. The largest absolute Gasteiger partial charge is 0.479 e. The molecule has 1 heterocycles. The highest BCUT2D eigenvalue weighted by Gasteiger charge is 2.32. The Morgan fingerprint density at radius 1 is 1.33 bits per heavy atom. The highest BCUT2D eigenvalue weighted by Crippen LogP contribution is 2.18. The number of carbonyl (C=O) groups is 2. The van der Waals surface area contributed by atoms with Crippen LogP contribution >= 0.6 is 0 Å². The van der Waals surface area contributed by atoms with Gasteiger partial charge in [0.05, 0.1) is 18.8 Å². The molecule has 6 nitrogen and oxygen atoms in total. The third kappa shape index (κ3) is 3.95. The summed E-state index contributed by atoms with van der Waals surface area (Å²) in [5, 5.41) is 11.9. The first-order chi connectivity index (χ1) is 9.89. The second kappa shape index (κ2) is 6.13. The maximum Gasteiger partial charge on any atom is 0.330 e. The molecule has 1 fully saturated rings. The van der Waals surface area contributed by atoms with Crippen molar-refractivity contribution in [1.82, 2.24) is 10.2 Å². The molecule has 2 amide bonds. The topological polar surface area (TPSA) is 78.9 Å². The van der Waals surface area contributed by atoms with Crippen LogP contribution in [0.5, 0.6) is 0 Å². The van der Waals surface area contributed by atoms with E-state index in [-0.39, 0.29) is 6.03 Å². The van der Waals surface area contributed by atoms with E-state index in [0.29, 0.717) is 25.3 Å². The van der Waals surface area contributed by atoms with Crippen LogP contribution in [0, 0.1) is 0 Å². The van der Waals surface area contributed by atoms with Gasteiger partial charge in [-0.05, 0) is 19.4 Å². The molecular formula is C15H20N2O4. The van der Waals surface area contributed by atoms with E-state index in [1.165, 1.54) is 0 Å². The van der Waals surface area contributed by atoms with E-state index >= 15 is 0 Å². The van der Waals surface area contributed by atoms with Crippen LogP contribution in [0.25, 0.3) is 0 Å². The summed E-state index contributed by atoms with van der Waals surface area (Å²) in [5.41, 5.74) is 0.131. The van der Waals surface area contributed by atoms with Gasteiger partial charge in [0.1, 0.15) is 0 Å². The molecule has 2 rings (SSSR count). The molecule has 1 aromatic rings. The lowest BCUT2D eigenvalue weighted by molar-refractivity contribution is -0.139.